The minimum Gasteiger partial charge on any atom is -0.0776 e. The summed E-state index contributed by atoms with van der Waals surface area (Å²) in [4.78, 5) is 0. The summed E-state index contributed by atoms with van der Waals surface area (Å²) < 4.78 is 85.8. The zero-order valence-electron chi connectivity index (χ0n) is 30.7. The number of benzene rings is 4. The number of hydrogen-bond donors (Lipinski definition) is 1. The zero-order chi connectivity index (χ0) is 40.7. The zero-order valence-corrected chi connectivity index (χ0v) is 36.5. The quantitative estimate of drug-likeness (QED) is 0.193. The number of phosphoric acid groups is 2. The van der Waals surface area contributed by atoms with Gasteiger partial charge in [0.25, 0.3) is 6.49 Å². The number of rotatable bonds is 4. The molecule has 0 amide bonds. The van der Waals surface area contributed by atoms with Gasteiger partial charge in [-0.15, -0.1) is 0 Å². The summed E-state index contributed by atoms with van der Waals surface area (Å²) in [5.74, 6) is 1.62. The Morgan fingerprint density at radius 2 is 1.16 bits per heavy atom. The van der Waals surface area contributed by atoms with Crippen LogP contribution in [0.3, 0.4) is 0 Å². The van der Waals surface area contributed by atoms with Gasteiger partial charge in [0.1, 0.15) is 11.5 Å². The molecule has 2 unspecified atom stereocenters. The molecule has 0 radical (unpaired) electrons. The molecule has 2 atom stereocenters. The van der Waals surface area contributed by atoms with Crippen LogP contribution >= 0.6 is 48.1 Å². The van der Waals surface area contributed by atoms with E-state index in [0.717, 1.165) is 38.8 Å². The minimum atomic E-state index is -3.34. The van der Waals surface area contributed by atoms with Gasteiger partial charge in [-0.1, -0.05) is 80.2 Å². The Bertz CT molecular complexity index is 2190. The Balaban J connectivity index is 0.000000150. The van der Waals surface area contributed by atoms with Gasteiger partial charge in [0.2, 0.25) is 7.50 Å². The van der Waals surface area contributed by atoms with Gasteiger partial charge < -0.3 is 18.7 Å². The summed E-state index contributed by atoms with van der Waals surface area (Å²) in [6.45, 7) is -0.993. The first-order chi connectivity index (χ1) is 27.5. The van der Waals surface area contributed by atoms with Gasteiger partial charge in [0.15, 0.2) is 0 Å². The minimum absolute atomic E-state index is 0.0625. The summed E-state index contributed by atoms with van der Waals surface area (Å²) in [7, 11) is -6.56. The summed E-state index contributed by atoms with van der Waals surface area (Å²) in [6, 6.07) is 31.9. The molecule has 56 heavy (non-hydrogen) atoms. The molecule has 8 aliphatic rings. The van der Waals surface area contributed by atoms with Gasteiger partial charge >= 0.3 is 39.3 Å². The predicted octanol–water partition coefficient (Wildman–Crippen LogP) is 9.32. The number of hydrogen-bond acceptors (Lipinski definition) is 15. The Morgan fingerprint density at radius 3 is 1.71 bits per heavy atom. The maximum Gasteiger partial charge on any atom is 0.0194 e. The first-order valence-electron chi connectivity index (χ1n) is 17.6. The first kappa shape index (κ1) is 42.6. The molecule has 6 saturated heterocycles. The normalized spacial score (nSPS) is 30.8. The van der Waals surface area contributed by atoms with Gasteiger partial charge in [-0.05, 0) is 58.4 Å². The summed E-state index contributed by atoms with van der Waals surface area (Å²) >= 11 is 15.9. The second-order valence-corrected chi connectivity index (χ2v) is 22.4. The molecule has 4 bridgehead atoms. The molecule has 21 heteroatoms. The molecule has 8 aliphatic heterocycles. The van der Waals surface area contributed by atoms with E-state index >= 15 is 0 Å². The van der Waals surface area contributed by atoms with Crippen molar-refractivity contribution in [3.63, 3.8) is 0 Å². The van der Waals surface area contributed by atoms with Crippen LogP contribution in [0, 0.1) is 10.8 Å². The fraction of sp³-hybridized carbons (Fsp3) is 0.314. The van der Waals surface area contributed by atoms with Crippen molar-refractivity contribution in [1.29, 1.82) is 0 Å². The predicted molar refractivity (Wildman–Crippen MR) is 222 cm³/mol. The summed E-state index contributed by atoms with van der Waals surface area (Å²) in [5, 5.41) is 10.9. The van der Waals surface area contributed by atoms with E-state index in [2.05, 4.69) is 23.9 Å². The Labute approximate surface area is 343 Å². The van der Waals surface area contributed by atoms with E-state index in [1.807, 2.05) is 84.9 Å². The molecule has 12 rings (SSSR count). The van der Waals surface area contributed by atoms with Gasteiger partial charge in [-0.3, -0.25) is 27.1 Å². The Hall–Kier alpha value is -1.56. The van der Waals surface area contributed by atoms with Crippen LogP contribution in [0.4, 0.5) is 0 Å². The van der Waals surface area contributed by atoms with Crippen molar-refractivity contribution in [1.82, 2.24) is 0 Å². The maximum atomic E-state index is 11.9. The SMILES string of the molecule is ClP1Oc2ccccc2-c2ccccc21.O=P12OCC(CO)(CO1)CO2.O=P12OCC(COP3(=S)Oc4ccccc4-c4ccccc43)(CO1)CO2.O=[P+]=S.[2H]C. The van der Waals surface area contributed by atoms with Crippen molar-refractivity contribution in [3.05, 3.63) is 97.1 Å². The van der Waals surface area contributed by atoms with Gasteiger partial charge in [0.05, 0.1) is 69.0 Å². The number of fused-ring (bicyclic) bond motifs is 12. The van der Waals surface area contributed by atoms with Crippen LogP contribution in [0.1, 0.15) is 8.77 Å². The summed E-state index contributed by atoms with van der Waals surface area (Å²) in [5.41, 5.74) is 3.37. The van der Waals surface area contributed by atoms with Crippen molar-refractivity contribution in [3.8, 4) is 33.8 Å². The van der Waals surface area contributed by atoms with E-state index in [4.69, 9.17) is 74.8 Å². The van der Waals surface area contributed by atoms with Crippen molar-refractivity contribution < 1.29 is 60.9 Å². The van der Waals surface area contributed by atoms with Crippen molar-refractivity contribution in [2.24, 2.45) is 10.8 Å². The third-order valence-electron chi connectivity index (χ3n) is 9.09. The van der Waals surface area contributed by atoms with E-state index < -0.39 is 40.5 Å². The van der Waals surface area contributed by atoms with E-state index in [-0.39, 0.29) is 60.1 Å². The number of aliphatic hydroxyl groups excluding tert-OH is 1. The molecule has 0 spiro atoms. The monoisotopic (exact) mass is 920 g/mol. The fourth-order valence-electron chi connectivity index (χ4n) is 6.00. The molecule has 13 nitrogen and oxygen atoms in total. The van der Waals surface area contributed by atoms with E-state index in [1.54, 1.807) is 0 Å². The number of halogens is 1. The van der Waals surface area contributed by atoms with Crippen LogP contribution in [-0.4, -0.2) is 58.0 Å². The molecular formula is C35H37ClO13P5S2+. The van der Waals surface area contributed by atoms with Gasteiger partial charge in [0, 0.05) is 17.8 Å². The van der Waals surface area contributed by atoms with Gasteiger partial charge in [-0.25, -0.2) is 9.13 Å². The molecule has 4 aromatic carbocycles. The molecule has 6 fully saturated rings. The first-order valence-corrected chi connectivity index (χ1v) is 26.1. The number of phosphoric ester groups is 2. The van der Waals surface area contributed by atoms with Crippen molar-refractivity contribution >= 4 is 82.3 Å². The Morgan fingerprint density at radius 1 is 0.732 bits per heavy atom. The topological polar surface area (TPSA) is 155 Å². The molecular weight excluding hydrogens is 883 g/mol. The van der Waals surface area contributed by atoms with E-state index in [0.29, 0.717) is 0 Å². The molecule has 8 heterocycles. The molecule has 0 saturated carbocycles. The van der Waals surface area contributed by atoms with Crippen LogP contribution < -0.4 is 19.7 Å². The Kier molecular flexibility index (Phi) is 14.0. The maximum absolute atomic E-state index is 11.9. The smallest absolute Gasteiger partial charge is 0.0194 e. The van der Waals surface area contributed by atoms with Crippen LogP contribution in [0.5, 0.6) is 11.5 Å². The number of para-hydroxylation sites is 2. The van der Waals surface area contributed by atoms with E-state index in [1.165, 1.54) is 13.0 Å². The van der Waals surface area contributed by atoms with Crippen molar-refractivity contribution in [2.75, 3.05) is 52.9 Å². The molecule has 298 valence electrons. The average Bonchev–Trinajstić information content (AvgIpc) is 3.26. The van der Waals surface area contributed by atoms with E-state index in [9.17, 15) is 9.13 Å². The summed E-state index contributed by atoms with van der Waals surface area (Å²) in [6.07, 6.45) is 0. The third-order valence-corrected chi connectivity index (χ3v) is 16.7. The third kappa shape index (κ3) is 9.41. The second kappa shape index (κ2) is 18.4. The van der Waals surface area contributed by atoms with Crippen LogP contribution in [0.25, 0.3) is 22.3 Å². The molecule has 0 aliphatic carbocycles. The standard InChI is InChI=1S/C17H16O6P2S.C12H8ClOP.C5H9O5P.CH4.OPS/c18-25-20-10-17(11-21-25,12-22-25)9-19-24(26)16-8-4-2-6-14(16)13-5-1-3-7-15(13)23-24;13-15-12-8-4-2-6-10(12)9-5-1-3-7-11(9)14-15;6-1-5-2-8-11(7,9-3-5)10-4-5;;1-2-3/h1-8H,9-12H2;1-8H;6H,1-4H2;1H4;/q;;;;+1/i;;;1D;. The largest absolute Gasteiger partial charge is 0.0776 e. The molecule has 4 aromatic rings. The van der Waals surface area contributed by atoms with Crippen LogP contribution in [0.15, 0.2) is 97.1 Å². The fourth-order valence-corrected chi connectivity index (χ4v) is 13.5. The molecule has 1 N–H and O–H groups in total. The number of aliphatic hydroxyl groups is 1. The second-order valence-electron chi connectivity index (χ2n) is 13.0. The van der Waals surface area contributed by atoms with Crippen molar-refractivity contribution in [2.45, 2.75) is 7.40 Å². The van der Waals surface area contributed by atoms with Gasteiger partial charge in [-0.2, -0.15) is 0 Å². The van der Waals surface area contributed by atoms with Crippen LogP contribution in [0.2, 0.25) is 0 Å². The van der Waals surface area contributed by atoms with Crippen LogP contribution in [-0.2, 0) is 69.0 Å². The molecule has 0 aromatic heterocycles. The average molecular weight is 921 g/mol.